The molecule has 3 nitrogen and oxygen atoms in total. The highest BCUT2D eigenvalue weighted by Crippen LogP contribution is 2.36. The zero-order chi connectivity index (χ0) is 14.8. The van der Waals surface area contributed by atoms with Crippen LogP contribution >= 0.6 is 0 Å². The highest BCUT2D eigenvalue weighted by Gasteiger charge is 2.20. The molecule has 2 rings (SSSR count). The molecule has 0 heterocycles. The minimum absolute atomic E-state index is 0.0301. The van der Waals surface area contributed by atoms with Crippen molar-refractivity contribution in [1.82, 2.24) is 0 Å². The first-order chi connectivity index (χ1) is 9.40. The summed E-state index contributed by atoms with van der Waals surface area (Å²) in [5.41, 5.74) is 7.49. The fourth-order valence-corrected chi connectivity index (χ4v) is 1.97. The topological polar surface area (TPSA) is 44.5 Å². The Hall–Kier alpha value is -2.16. The summed E-state index contributed by atoms with van der Waals surface area (Å²) in [6, 6.07) is 13.3. The number of hydrogen-bond donors (Lipinski definition) is 1. The summed E-state index contributed by atoms with van der Waals surface area (Å²) < 4.78 is 11.3. The molecule has 0 bridgehead atoms. The first-order valence-corrected chi connectivity index (χ1v) is 6.62. The van der Waals surface area contributed by atoms with Crippen LogP contribution in [-0.4, -0.2) is 7.11 Å². The van der Waals surface area contributed by atoms with Gasteiger partial charge < -0.3 is 15.2 Å². The molecule has 0 saturated heterocycles. The van der Waals surface area contributed by atoms with E-state index < -0.39 is 0 Å². The number of benzene rings is 2. The number of ether oxygens (including phenoxy) is 2. The molecule has 106 valence electrons. The molecule has 0 atom stereocenters. The Morgan fingerprint density at radius 1 is 0.900 bits per heavy atom. The van der Waals surface area contributed by atoms with Gasteiger partial charge in [0, 0.05) is 11.3 Å². The van der Waals surface area contributed by atoms with E-state index in [1.165, 1.54) is 0 Å². The molecule has 0 aliphatic rings. The molecule has 0 aliphatic heterocycles. The van der Waals surface area contributed by atoms with E-state index in [-0.39, 0.29) is 5.41 Å². The Labute approximate surface area is 120 Å². The lowest BCUT2D eigenvalue weighted by atomic mass is 9.86. The van der Waals surface area contributed by atoms with Crippen molar-refractivity contribution < 1.29 is 9.47 Å². The van der Waals surface area contributed by atoms with Crippen LogP contribution in [0.2, 0.25) is 0 Å². The lowest BCUT2D eigenvalue weighted by Crippen LogP contribution is -2.12. The molecule has 2 aromatic carbocycles. The molecular formula is C17H21NO2. The van der Waals surface area contributed by atoms with Gasteiger partial charge in [-0.2, -0.15) is 0 Å². The van der Waals surface area contributed by atoms with Crippen LogP contribution in [-0.2, 0) is 5.41 Å². The zero-order valence-electron chi connectivity index (χ0n) is 12.4. The third-order valence-corrected chi connectivity index (χ3v) is 3.10. The molecule has 0 radical (unpaired) electrons. The van der Waals surface area contributed by atoms with Crippen LogP contribution < -0.4 is 15.2 Å². The lowest BCUT2D eigenvalue weighted by molar-refractivity contribution is 0.407. The van der Waals surface area contributed by atoms with Crippen molar-refractivity contribution in [3.8, 4) is 17.2 Å². The molecule has 3 heteroatoms. The Morgan fingerprint density at radius 2 is 1.50 bits per heavy atom. The third kappa shape index (κ3) is 3.23. The maximum atomic E-state index is 5.98. The second kappa shape index (κ2) is 5.45. The summed E-state index contributed by atoms with van der Waals surface area (Å²) in [6.45, 7) is 6.45. The van der Waals surface area contributed by atoms with Gasteiger partial charge in [0.25, 0.3) is 0 Å². The van der Waals surface area contributed by atoms with E-state index >= 15 is 0 Å². The highest BCUT2D eigenvalue weighted by molar-refractivity contribution is 5.48. The summed E-state index contributed by atoms with van der Waals surface area (Å²) in [5, 5.41) is 0. The second-order valence-electron chi connectivity index (χ2n) is 5.78. The van der Waals surface area contributed by atoms with Crippen LogP contribution in [0, 0.1) is 0 Å². The largest absolute Gasteiger partial charge is 0.497 e. The predicted octanol–water partition coefficient (Wildman–Crippen LogP) is 4.37. The van der Waals surface area contributed by atoms with E-state index in [4.69, 9.17) is 15.2 Å². The molecule has 0 aromatic heterocycles. The van der Waals surface area contributed by atoms with Crippen molar-refractivity contribution in [2.75, 3.05) is 12.8 Å². The minimum Gasteiger partial charge on any atom is -0.497 e. The summed E-state index contributed by atoms with van der Waals surface area (Å²) in [6.07, 6.45) is 0. The molecular weight excluding hydrogens is 250 g/mol. The van der Waals surface area contributed by atoms with Crippen molar-refractivity contribution in [2.45, 2.75) is 26.2 Å². The first-order valence-electron chi connectivity index (χ1n) is 6.62. The molecule has 0 aliphatic carbocycles. The number of nitrogen functional groups attached to an aromatic ring is 1. The van der Waals surface area contributed by atoms with Gasteiger partial charge in [-0.15, -0.1) is 0 Å². The van der Waals surface area contributed by atoms with E-state index in [0.717, 1.165) is 28.5 Å². The predicted molar refractivity (Wildman–Crippen MR) is 82.6 cm³/mol. The Morgan fingerprint density at radius 3 is 2.05 bits per heavy atom. The van der Waals surface area contributed by atoms with E-state index in [2.05, 4.69) is 20.8 Å². The van der Waals surface area contributed by atoms with Gasteiger partial charge in [-0.05, 0) is 47.9 Å². The van der Waals surface area contributed by atoms with Gasteiger partial charge in [0.2, 0.25) is 0 Å². The monoisotopic (exact) mass is 271 g/mol. The van der Waals surface area contributed by atoms with E-state index in [0.29, 0.717) is 0 Å². The maximum absolute atomic E-state index is 5.98. The van der Waals surface area contributed by atoms with Crippen LogP contribution in [0.1, 0.15) is 26.3 Å². The molecule has 20 heavy (non-hydrogen) atoms. The lowest BCUT2D eigenvalue weighted by Gasteiger charge is -2.23. The Kier molecular flexibility index (Phi) is 3.89. The fourth-order valence-electron chi connectivity index (χ4n) is 1.97. The maximum Gasteiger partial charge on any atom is 0.131 e. The average Bonchev–Trinajstić information content (AvgIpc) is 2.40. The SMILES string of the molecule is COc1ccc(Oc2ccc(N)cc2)c(C(C)(C)C)c1. The number of methoxy groups -OCH3 is 1. The fraction of sp³-hybridized carbons (Fsp3) is 0.294. The molecule has 0 fully saturated rings. The van der Waals surface area contributed by atoms with Crippen molar-refractivity contribution >= 4 is 5.69 Å². The van der Waals surface area contributed by atoms with Crippen molar-refractivity contribution in [3.63, 3.8) is 0 Å². The van der Waals surface area contributed by atoms with Gasteiger partial charge in [0.1, 0.15) is 17.2 Å². The zero-order valence-corrected chi connectivity index (χ0v) is 12.4. The van der Waals surface area contributed by atoms with Crippen molar-refractivity contribution in [2.24, 2.45) is 0 Å². The molecule has 0 spiro atoms. The number of rotatable bonds is 3. The van der Waals surface area contributed by atoms with E-state index in [9.17, 15) is 0 Å². The standard InChI is InChI=1S/C17H21NO2/c1-17(2,3)15-11-14(19-4)9-10-16(15)20-13-7-5-12(18)6-8-13/h5-11H,18H2,1-4H3. The van der Waals surface area contributed by atoms with Crippen LogP contribution in [0.3, 0.4) is 0 Å². The van der Waals surface area contributed by atoms with Gasteiger partial charge in [-0.1, -0.05) is 20.8 Å². The van der Waals surface area contributed by atoms with Gasteiger partial charge in [0.05, 0.1) is 7.11 Å². The third-order valence-electron chi connectivity index (χ3n) is 3.10. The highest BCUT2D eigenvalue weighted by atomic mass is 16.5. The van der Waals surface area contributed by atoms with Gasteiger partial charge in [0.15, 0.2) is 0 Å². The first kappa shape index (κ1) is 14.3. The van der Waals surface area contributed by atoms with Gasteiger partial charge in [-0.3, -0.25) is 0 Å². The summed E-state index contributed by atoms with van der Waals surface area (Å²) >= 11 is 0. The van der Waals surface area contributed by atoms with E-state index in [1.54, 1.807) is 7.11 Å². The molecule has 2 aromatic rings. The quantitative estimate of drug-likeness (QED) is 0.843. The summed E-state index contributed by atoms with van der Waals surface area (Å²) in [7, 11) is 1.67. The summed E-state index contributed by atoms with van der Waals surface area (Å²) in [5.74, 6) is 2.44. The second-order valence-corrected chi connectivity index (χ2v) is 5.78. The number of nitrogens with two attached hydrogens (primary N) is 1. The number of anilines is 1. The average molecular weight is 271 g/mol. The van der Waals surface area contributed by atoms with Crippen LogP contribution in [0.5, 0.6) is 17.2 Å². The van der Waals surface area contributed by atoms with Crippen LogP contribution in [0.25, 0.3) is 0 Å². The Balaban J connectivity index is 2.38. The van der Waals surface area contributed by atoms with Crippen molar-refractivity contribution in [1.29, 1.82) is 0 Å². The smallest absolute Gasteiger partial charge is 0.131 e. The normalized spacial score (nSPS) is 11.2. The van der Waals surface area contributed by atoms with Crippen LogP contribution in [0.15, 0.2) is 42.5 Å². The van der Waals surface area contributed by atoms with Gasteiger partial charge in [-0.25, -0.2) is 0 Å². The molecule has 0 unspecified atom stereocenters. The number of hydrogen-bond acceptors (Lipinski definition) is 3. The molecule has 0 amide bonds. The Bertz CT molecular complexity index is 583. The van der Waals surface area contributed by atoms with Crippen LogP contribution in [0.4, 0.5) is 5.69 Å². The summed E-state index contributed by atoms with van der Waals surface area (Å²) in [4.78, 5) is 0. The minimum atomic E-state index is -0.0301. The molecule has 0 saturated carbocycles. The van der Waals surface area contributed by atoms with Crippen molar-refractivity contribution in [3.05, 3.63) is 48.0 Å². The van der Waals surface area contributed by atoms with E-state index in [1.807, 2.05) is 42.5 Å². The van der Waals surface area contributed by atoms with Gasteiger partial charge >= 0.3 is 0 Å². The molecule has 2 N–H and O–H groups in total.